The molecule has 0 unspecified atom stereocenters. The lowest BCUT2D eigenvalue weighted by Gasteiger charge is -2.14. The van der Waals surface area contributed by atoms with Crippen molar-refractivity contribution in [1.29, 1.82) is 0 Å². The van der Waals surface area contributed by atoms with Gasteiger partial charge in [-0.15, -0.1) is 0 Å². The summed E-state index contributed by atoms with van der Waals surface area (Å²) in [5.41, 5.74) is 2.46. The second-order valence-corrected chi connectivity index (χ2v) is 7.83. The number of halogens is 2. The predicted octanol–water partition coefficient (Wildman–Crippen LogP) is 3.78. The number of nitrogens with one attached hydrogen (secondary N) is 4. The minimum atomic E-state index is -0.608. The third-order valence-electron chi connectivity index (χ3n) is 5.01. The quantitative estimate of drug-likeness (QED) is 0.351. The van der Waals surface area contributed by atoms with Crippen LogP contribution < -0.4 is 16.0 Å². The molecule has 1 fully saturated rings. The Hall–Kier alpha value is -3.66. The molecule has 4 aromatic rings. The molecule has 2 aliphatic rings. The number of imidazole rings is 1. The second-order valence-electron chi connectivity index (χ2n) is 7.45. The third kappa shape index (κ3) is 3.84. The van der Waals surface area contributed by atoms with Crippen molar-refractivity contribution >= 4 is 52.0 Å². The molecule has 32 heavy (non-hydrogen) atoms. The number of hydrogen-bond donors (Lipinski definition) is 4. The van der Waals surface area contributed by atoms with Crippen LogP contribution in [0.2, 0.25) is 5.02 Å². The first-order valence-corrected chi connectivity index (χ1v) is 10.6. The van der Waals surface area contributed by atoms with Gasteiger partial charge >= 0.3 is 0 Å². The first-order valence-electron chi connectivity index (χ1n) is 10.2. The smallest absolute Gasteiger partial charge is 0.212 e. The number of anilines is 2. The molecule has 1 aromatic carbocycles. The molecule has 0 radical (unpaired) electrons. The van der Waals surface area contributed by atoms with Gasteiger partial charge in [-0.1, -0.05) is 30.9 Å². The summed E-state index contributed by atoms with van der Waals surface area (Å²) >= 11 is 6.46. The average molecular weight is 455 g/mol. The molecule has 1 amide bonds. The van der Waals surface area contributed by atoms with E-state index in [0.717, 1.165) is 0 Å². The monoisotopic (exact) mass is 454 g/mol. The Bertz CT molecular complexity index is 1340. The van der Waals surface area contributed by atoms with E-state index in [-0.39, 0.29) is 10.7 Å². The van der Waals surface area contributed by atoms with Gasteiger partial charge in [0, 0.05) is 29.3 Å². The normalized spacial score (nSPS) is 14.5. The first kappa shape index (κ1) is 20.3. The van der Waals surface area contributed by atoms with Crippen LogP contribution >= 0.6 is 11.6 Å². The molecule has 3 aromatic heterocycles. The van der Waals surface area contributed by atoms with E-state index in [9.17, 15) is 4.79 Å². The number of aromatic amines is 1. The Morgan fingerprint density at radius 1 is 1.22 bits per heavy atom. The molecule has 4 heterocycles. The maximum Gasteiger partial charge on any atom is 0.212 e. The van der Waals surface area contributed by atoms with Crippen molar-refractivity contribution in [3.63, 3.8) is 0 Å². The summed E-state index contributed by atoms with van der Waals surface area (Å²) in [5, 5.41) is 16.0. The number of aromatic nitrogens is 4. The lowest BCUT2D eigenvalue weighted by atomic mass is 10.0. The number of benzene rings is 1. The average Bonchev–Trinajstić information content (AvgIpc) is 3.27. The molecule has 1 aliphatic heterocycles. The number of H-pyrrole nitrogens is 1. The Balaban J connectivity index is 0.000000666. The van der Waals surface area contributed by atoms with Crippen molar-refractivity contribution in [3.8, 4) is 11.1 Å². The highest BCUT2D eigenvalue weighted by Crippen LogP contribution is 2.41. The predicted molar refractivity (Wildman–Crippen MR) is 123 cm³/mol. The van der Waals surface area contributed by atoms with Crippen LogP contribution in [-0.2, 0) is 4.79 Å². The number of nitrogens with zero attached hydrogens (tertiary/aromatic N) is 4. The second kappa shape index (κ2) is 8.46. The van der Waals surface area contributed by atoms with Crippen molar-refractivity contribution in [2.45, 2.75) is 19.3 Å². The van der Waals surface area contributed by atoms with E-state index in [1.165, 1.54) is 19.3 Å². The molecule has 0 bridgehead atoms. The molecule has 0 saturated heterocycles. The van der Waals surface area contributed by atoms with Gasteiger partial charge in [0.2, 0.25) is 6.41 Å². The summed E-state index contributed by atoms with van der Waals surface area (Å²) < 4.78 is 17.0. The summed E-state index contributed by atoms with van der Waals surface area (Å²) in [6.07, 6.45) is 10.1. The van der Waals surface area contributed by atoms with E-state index in [0.29, 0.717) is 59.0 Å². The SMILES string of the molecule is C1CC1.O=CNc1cn2cc(-c3c(Cl)c(F)c(NC4=NCCN4)c4[nH]ncc34)ccc2n1. The summed E-state index contributed by atoms with van der Waals surface area (Å²) in [7, 11) is 0. The topological polar surface area (TPSA) is 112 Å². The largest absolute Gasteiger partial charge is 0.354 e. The van der Waals surface area contributed by atoms with Crippen LogP contribution in [0, 0.1) is 5.82 Å². The molecular formula is C21H20ClFN8O. The van der Waals surface area contributed by atoms with E-state index >= 15 is 4.39 Å². The van der Waals surface area contributed by atoms with Crippen LogP contribution in [0.15, 0.2) is 35.7 Å². The lowest BCUT2D eigenvalue weighted by molar-refractivity contribution is -0.105. The highest BCUT2D eigenvalue weighted by Gasteiger charge is 2.23. The number of fused-ring (bicyclic) bond motifs is 2. The van der Waals surface area contributed by atoms with Gasteiger partial charge in [0.25, 0.3) is 0 Å². The van der Waals surface area contributed by atoms with Gasteiger partial charge in [0.05, 0.1) is 29.5 Å². The maximum atomic E-state index is 15.2. The molecule has 164 valence electrons. The number of aliphatic imine (C=N–C) groups is 1. The van der Waals surface area contributed by atoms with Crippen molar-refractivity contribution in [1.82, 2.24) is 24.9 Å². The van der Waals surface area contributed by atoms with Gasteiger partial charge in [-0.3, -0.25) is 14.9 Å². The van der Waals surface area contributed by atoms with Gasteiger partial charge < -0.3 is 20.4 Å². The van der Waals surface area contributed by atoms with E-state index in [2.05, 4.69) is 36.1 Å². The van der Waals surface area contributed by atoms with Crippen molar-refractivity contribution in [3.05, 3.63) is 41.6 Å². The fraction of sp³-hybridized carbons (Fsp3) is 0.238. The Morgan fingerprint density at radius 2 is 2.06 bits per heavy atom. The van der Waals surface area contributed by atoms with Crippen molar-refractivity contribution in [2.75, 3.05) is 23.7 Å². The zero-order valence-electron chi connectivity index (χ0n) is 17.0. The summed E-state index contributed by atoms with van der Waals surface area (Å²) in [4.78, 5) is 19.1. The first-order chi connectivity index (χ1) is 15.7. The molecule has 0 atom stereocenters. The van der Waals surface area contributed by atoms with Crippen LogP contribution in [0.4, 0.5) is 15.9 Å². The fourth-order valence-electron chi connectivity index (χ4n) is 3.38. The van der Waals surface area contributed by atoms with Crippen LogP contribution in [0.3, 0.4) is 0 Å². The summed E-state index contributed by atoms with van der Waals surface area (Å²) in [6.45, 7) is 1.31. The number of pyridine rings is 1. The van der Waals surface area contributed by atoms with E-state index in [4.69, 9.17) is 11.6 Å². The maximum absolute atomic E-state index is 15.2. The minimum absolute atomic E-state index is 0.0364. The summed E-state index contributed by atoms with van der Waals surface area (Å²) in [6, 6.07) is 3.55. The molecule has 0 spiro atoms. The van der Waals surface area contributed by atoms with Crippen LogP contribution in [0.1, 0.15) is 19.3 Å². The summed E-state index contributed by atoms with van der Waals surface area (Å²) in [5.74, 6) is 0.287. The van der Waals surface area contributed by atoms with Gasteiger partial charge in [0.1, 0.15) is 11.3 Å². The molecule has 1 saturated carbocycles. The van der Waals surface area contributed by atoms with E-state index < -0.39 is 5.82 Å². The van der Waals surface area contributed by atoms with Crippen molar-refractivity contribution < 1.29 is 9.18 Å². The van der Waals surface area contributed by atoms with Gasteiger partial charge in [-0.25, -0.2) is 9.37 Å². The number of hydrogen-bond acceptors (Lipinski definition) is 6. The molecule has 6 rings (SSSR count). The zero-order valence-corrected chi connectivity index (χ0v) is 17.7. The van der Waals surface area contributed by atoms with E-state index in [1.54, 1.807) is 35.1 Å². The number of amides is 1. The van der Waals surface area contributed by atoms with Crippen molar-refractivity contribution in [2.24, 2.45) is 4.99 Å². The standard InChI is InChI=1S/C18H14ClFN8O.C3H6/c19-14-13(9-1-2-12-25-11(23-8-29)7-28(12)6-9)10-5-24-27-16(10)17(15(14)20)26-18-21-3-4-22-18;1-2-3-1/h1-2,5-8H,3-4H2,(H,23,29)(H,24,27)(H2,21,22,26);1-3H2. The van der Waals surface area contributed by atoms with Gasteiger partial charge in [-0.05, 0) is 12.1 Å². The van der Waals surface area contributed by atoms with E-state index in [1.807, 2.05) is 0 Å². The highest BCUT2D eigenvalue weighted by molar-refractivity contribution is 6.36. The van der Waals surface area contributed by atoms with Gasteiger partial charge in [0.15, 0.2) is 17.6 Å². The van der Waals surface area contributed by atoms with Crippen LogP contribution in [0.25, 0.3) is 27.7 Å². The molecule has 11 heteroatoms. The molecular weight excluding hydrogens is 435 g/mol. The Morgan fingerprint density at radius 3 is 2.78 bits per heavy atom. The minimum Gasteiger partial charge on any atom is -0.354 e. The van der Waals surface area contributed by atoms with Gasteiger partial charge in [-0.2, -0.15) is 5.10 Å². The molecule has 4 N–H and O–H groups in total. The Labute approximate surface area is 187 Å². The number of guanidine groups is 1. The highest BCUT2D eigenvalue weighted by atomic mass is 35.5. The fourth-order valence-corrected chi connectivity index (χ4v) is 3.69. The third-order valence-corrected chi connectivity index (χ3v) is 5.36. The van der Waals surface area contributed by atoms with Crippen LogP contribution in [0.5, 0.6) is 0 Å². The number of carbonyl (C=O) groups excluding carboxylic acids is 1. The molecule has 9 nitrogen and oxygen atoms in total. The zero-order chi connectivity index (χ0) is 22.1. The Kier molecular flexibility index (Phi) is 5.36. The number of carbonyl (C=O) groups is 1. The molecule has 1 aliphatic carbocycles. The lowest BCUT2D eigenvalue weighted by Crippen LogP contribution is -2.26. The number of rotatable bonds is 4. The van der Waals surface area contributed by atoms with Crippen LogP contribution in [-0.4, -0.2) is 45.0 Å².